The Bertz CT molecular complexity index is 586. The monoisotopic (exact) mass is 288 g/mol. The molecule has 0 saturated heterocycles. The van der Waals surface area contributed by atoms with Gasteiger partial charge in [0.15, 0.2) is 0 Å². The first kappa shape index (κ1) is 16.0. The molecule has 2 aromatic rings. The summed E-state index contributed by atoms with van der Waals surface area (Å²) in [6.45, 7) is 6.63. The third-order valence-corrected chi connectivity index (χ3v) is 4.44. The summed E-state index contributed by atoms with van der Waals surface area (Å²) >= 11 is 0. The molecule has 0 radical (unpaired) electrons. The van der Waals surface area contributed by atoms with Crippen molar-refractivity contribution in [3.05, 3.63) is 30.1 Å². The molecule has 21 heavy (non-hydrogen) atoms. The van der Waals surface area contributed by atoms with Crippen molar-refractivity contribution in [3.8, 4) is 0 Å². The van der Waals surface area contributed by atoms with Crippen LogP contribution >= 0.6 is 0 Å². The molecule has 1 aromatic carbocycles. The number of aromatic nitrogens is 2. The van der Waals surface area contributed by atoms with Crippen molar-refractivity contribution < 1.29 is 4.74 Å². The van der Waals surface area contributed by atoms with E-state index in [0.717, 1.165) is 18.4 Å². The third kappa shape index (κ3) is 4.07. The fourth-order valence-corrected chi connectivity index (χ4v) is 2.77. The van der Waals surface area contributed by atoms with Crippen molar-refractivity contribution in [3.63, 3.8) is 0 Å². The molecule has 0 N–H and O–H groups in total. The van der Waals surface area contributed by atoms with Gasteiger partial charge in [-0.25, -0.2) is 4.98 Å². The maximum Gasteiger partial charge on any atom is 0.109 e. The SMILES string of the molecule is COC(C)(C)CCC[C@H](C)Cc1nc2ccccc2n1C. The largest absolute Gasteiger partial charge is 0.379 e. The Kier molecular flexibility index (Phi) is 5.04. The minimum absolute atomic E-state index is 0.00236. The van der Waals surface area contributed by atoms with E-state index in [1.165, 1.54) is 24.2 Å². The zero-order valence-electron chi connectivity index (χ0n) is 14.0. The van der Waals surface area contributed by atoms with Gasteiger partial charge in [0, 0.05) is 20.6 Å². The number of ether oxygens (including phenoxy) is 1. The number of hydrogen-bond donors (Lipinski definition) is 0. The molecule has 3 nitrogen and oxygen atoms in total. The maximum atomic E-state index is 5.48. The smallest absolute Gasteiger partial charge is 0.109 e. The molecule has 1 atom stereocenters. The van der Waals surface area contributed by atoms with Crippen molar-refractivity contribution in [2.75, 3.05) is 7.11 Å². The first-order valence-electron chi connectivity index (χ1n) is 7.88. The van der Waals surface area contributed by atoms with Gasteiger partial charge in [0.05, 0.1) is 16.6 Å². The van der Waals surface area contributed by atoms with Crippen molar-refractivity contribution in [2.45, 2.75) is 52.1 Å². The van der Waals surface area contributed by atoms with E-state index in [9.17, 15) is 0 Å². The lowest BCUT2D eigenvalue weighted by atomic mass is 9.95. The zero-order valence-corrected chi connectivity index (χ0v) is 14.0. The molecule has 0 aliphatic rings. The van der Waals surface area contributed by atoms with Gasteiger partial charge in [-0.05, 0) is 38.3 Å². The number of fused-ring (bicyclic) bond motifs is 1. The van der Waals surface area contributed by atoms with Gasteiger partial charge in [0.1, 0.15) is 5.82 Å². The molecule has 3 heteroatoms. The lowest BCUT2D eigenvalue weighted by Gasteiger charge is -2.23. The second-order valence-electron chi connectivity index (χ2n) is 6.74. The fraction of sp³-hybridized carbons (Fsp3) is 0.611. The van der Waals surface area contributed by atoms with Gasteiger partial charge < -0.3 is 9.30 Å². The van der Waals surface area contributed by atoms with Crippen LogP contribution in [0.2, 0.25) is 0 Å². The van der Waals surface area contributed by atoms with Crippen LogP contribution in [0.3, 0.4) is 0 Å². The molecule has 1 heterocycles. The second kappa shape index (κ2) is 6.61. The van der Waals surface area contributed by atoms with Crippen molar-refractivity contribution in [2.24, 2.45) is 13.0 Å². The topological polar surface area (TPSA) is 27.1 Å². The summed E-state index contributed by atoms with van der Waals surface area (Å²) < 4.78 is 7.71. The Labute approximate surface area is 128 Å². The van der Waals surface area contributed by atoms with E-state index in [1.54, 1.807) is 7.11 Å². The molecule has 1 aromatic heterocycles. The Hall–Kier alpha value is -1.35. The molecule has 116 valence electrons. The maximum absolute atomic E-state index is 5.48. The molecule has 2 rings (SSSR count). The zero-order chi connectivity index (χ0) is 15.5. The average molecular weight is 288 g/mol. The van der Waals surface area contributed by atoms with Crippen LogP contribution in [0.4, 0.5) is 0 Å². The standard InChI is InChI=1S/C18H28N2O/c1-14(9-8-12-18(2,3)21-5)13-17-19-15-10-6-7-11-16(15)20(17)4/h6-7,10-11,14H,8-9,12-13H2,1-5H3/t14-/m0/s1. The van der Waals surface area contributed by atoms with Gasteiger partial charge >= 0.3 is 0 Å². The van der Waals surface area contributed by atoms with Gasteiger partial charge in [0.2, 0.25) is 0 Å². The third-order valence-electron chi connectivity index (χ3n) is 4.44. The van der Waals surface area contributed by atoms with E-state index in [0.29, 0.717) is 5.92 Å². The number of hydrogen-bond acceptors (Lipinski definition) is 2. The van der Waals surface area contributed by atoms with E-state index in [1.807, 2.05) is 0 Å². The summed E-state index contributed by atoms with van der Waals surface area (Å²) in [6.07, 6.45) is 4.57. The number of aryl methyl sites for hydroxylation is 1. The predicted molar refractivity (Wildman–Crippen MR) is 88.5 cm³/mol. The first-order chi connectivity index (χ1) is 9.93. The van der Waals surface area contributed by atoms with Gasteiger partial charge in [-0.1, -0.05) is 31.9 Å². The molecule has 0 aliphatic carbocycles. The van der Waals surface area contributed by atoms with Crippen LogP contribution in [-0.2, 0) is 18.2 Å². The highest BCUT2D eigenvalue weighted by atomic mass is 16.5. The highest BCUT2D eigenvalue weighted by Gasteiger charge is 2.17. The Balaban J connectivity index is 1.92. The molecular weight excluding hydrogens is 260 g/mol. The van der Waals surface area contributed by atoms with Crippen LogP contribution in [0.1, 0.15) is 45.9 Å². The lowest BCUT2D eigenvalue weighted by Crippen LogP contribution is -2.22. The summed E-state index contributed by atoms with van der Waals surface area (Å²) in [5.41, 5.74) is 2.32. The Morgan fingerprint density at radius 3 is 2.67 bits per heavy atom. The summed E-state index contributed by atoms with van der Waals surface area (Å²) in [6, 6.07) is 8.35. The van der Waals surface area contributed by atoms with Crippen LogP contribution in [-0.4, -0.2) is 22.3 Å². The molecule has 0 fully saturated rings. The Morgan fingerprint density at radius 1 is 1.29 bits per heavy atom. The quantitative estimate of drug-likeness (QED) is 0.757. The van der Waals surface area contributed by atoms with Crippen LogP contribution in [0.5, 0.6) is 0 Å². The van der Waals surface area contributed by atoms with E-state index >= 15 is 0 Å². The van der Waals surface area contributed by atoms with Crippen LogP contribution in [0, 0.1) is 5.92 Å². The summed E-state index contributed by atoms with van der Waals surface area (Å²) in [5.74, 6) is 1.84. The number of imidazole rings is 1. The van der Waals surface area contributed by atoms with Gasteiger partial charge in [-0.2, -0.15) is 0 Å². The molecule has 0 bridgehead atoms. The number of rotatable bonds is 7. The number of benzene rings is 1. The number of para-hydroxylation sites is 2. The second-order valence-corrected chi connectivity index (χ2v) is 6.74. The molecule has 0 spiro atoms. The van der Waals surface area contributed by atoms with E-state index in [-0.39, 0.29) is 5.60 Å². The molecule has 0 aliphatic heterocycles. The van der Waals surface area contributed by atoms with Crippen LogP contribution < -0.4 is 0 Å². The van der Waals surface area contributed by atoms with Crippen molar-refractivity contribution >= 4 is 11.0 Å². The lowest BCUT2D eigenvalue weighted by molar-refractivity contribution is 0.0127. The van der Waals surface area contributed by atoms with E-state index in [2.05, 4.69) is 56.7 Å². The highest BCUT2D eigenvalue weighted by molar-refractivity contribution is 5.75. The highest BCUT2D eigenvalue weighted by Crippen LogP contribution is 2.22. The minimum atomic E-state index is -0.00236. The Morgan fingerprint density at radius 2 is 2.00 bits per heavy atom. The molecule has 0 amide bonds. The van der Waals surface area contributed by atoms with Gasteiger partial charge in [-0.15, -0.1) is 0 Å². The number of methoxy groups -OCH3 is 1. The summed E-state index contributed by atoms with van der Waals surface area (Å²) in [4.78, 5) is 4.76. The van der Waals surface area contributed by atoms with Crippen molar-refractivity contribution in [1.29, 1.82) is 0 Å². The average Bonchev–Trinajstić information content (AvgIpc) is 2.76. The normalized spacial score (nSPS) is 13.8. The summed E-state index contributed by atoms with van der Waals surface area (Å²) in [7, 11) is 3.91. The molecular formula is C18H28N2O. The first-order valence-corrected chi connectivity index (χ1v) is 7.88. The van der Waals surface area contributed by atoms with Gasteiger partial charge in [0.25, 0.3) is 0 Å². The van der Waals surface area contributed by atoms with Crippen molar-refractivity contribution in [1.82, 2.24) is 9.55 Å². The van der Waals surface area contributed by atoms with E-state index < -0.39 is 0 Å². The fourth-order valence-electron chi connectivity index (χ4n) is 2.77. The number of nitrogens with zero attached hydrogens (tertiary/aromatic N) is 2. The van der Waals surface area contributed by atoms with Gasteiger partial charge in [-0.3, -0.25) is 0 Å². The summed E-state index contributed by atoms with van der Waals surface area (Å²) in [5, 5.41) is 0. The van der Waals surface area contributed by atoms with E-state index in [4.69, 9.17) is 9.72 Å². The van der Waals surface area contributed by atoms with Crippen LogP contribution in [0.25, 0.3) is 11.0 Å². The minimum Gasteiger partial charge on any atom is -0.379 e. The molecule has 0 saturated carbocycles. The predicted octanol–water partition coefficient (Wildman–Crippen LogP) is 4.35. The van der Waals surface area contributed by atoms with Crippen LogP contribution in [0.15, 0.2) is 24.3 Å². The molecule has 0 unspecified atom stereocenters.